The van der Waals surface area contributed by atoms with Crippen LogP contribution in [0.15, 0.2) is 35.2 Å². The molecule has 0 spiro atoms. The van der Waals surface area contributed by atoms with Crippen LogP contribution in [0.25, 0.3) is 0 Å². The number of nitrogens with one attached hydrogen (secondary N) is 1. The number of nitrogens with zero attached hydrogens (tertiary/aromatic N) is 2. The molecule has 2 aliphatic heterocycles. The molecule has 7 nitrogen and oxygen atoms in total. The predicted molar refractivity (Wildman–Crippen MR) is 122 cm³/mol. The zero-order valence-corrected chi connectivity index (χ0v) is 20.1. The smallest absolute Gasteiger partial charge is 0.292 e. The number of hydrogen-bond donors (Lipinski definition) is 1. The summed E-state index contributed by atoms with van der Waals surface area (Å²) in [5, 5.41) is 0. The third-order valence-electron chi connectivity index (χ3n) is 6.99. The first kappa shape index (κ1) is 23.5. The first-order valence-electron chi connectivity index (χ1n) is 11.1. The van der Waals surface area contributed by atoms with Crippen molar-refractivity contribution >= 4 is 27.5 Å². The lowest BCUT2D eigenvalue weighted by atomic mass is 10.0. The van der Waals surface area contributed by atoms with Crippen LogP contribution in [0.2, 0.25) is 0 Å². The van der Waals surface area contributed by atoms with E-state index in [1.54, 1.807) is 6.07 Å². The summed E-state index contributed by atoms with van der Waals surface area (Å²) < 4.78 is 42.7. The van der Waals surface area contributed by atoms with E-state index in [0.717, 1.165) is 32.1 Å². The highest BCUT2D eigenvalue weighted by Gasteiger charge is 2.48. The molecule has 0 unspecified atom stereocenters. The molecule has 176 valence electrons. The third-order valence-corrected chi connectivity index (χ3v) is 9.17. The molecule has 0 aromatic heterocycles. The molecule has 1 atom stereocenters. The normalized spacial score (nSPS) is 20.6. The molecular formula is C24H29FN3O4S+. The lowest BCUT2D eigenvalue weighted by Gasteiger charge is -2.34. The second kappa shape index (κ2) is 8.62. The van der Waals surface area contributed by atoms with Gasteiger partial charge in [0.2, 0.25) is 15.9 Å². The van der Waals surface area contributed by atoms with E-state index in [1.807, 2.05) is 33.8 Å². The van der Waals surface area contributed by atoms with Crippen LogP contribution in [0.5, 0.6) is 0 Å². The SMILES string of the molecule is Cc1cc(C)c(C)c(S(=O)(=O)N2CC[NH+]([C@@H]3CC(=O)N(c4ccccc4F)C3=O)CC2)c1C. The number of carbonyl (C=O) groups is 2. The van der Waals surface area contributed by atoms with Gasteiger partial charge in [0, 0.05) is 0 Å². The number of quaternary nitrogens is 1. The number of carbonyl (C=O) groups excluding carboxylic acids is 2. The van der Waals surface area contributed by atoms with E-state index in [1.165, 1.54) is 22.5 Å². The lowest BCUT2D eigenvalue weighted by Crippen LogP contribution is -3.19. The highest BCUT2D eigenvalue weighted by atomic mass is 32.2. The second-order valence-electron chi connectivity index (χ2n) is 8.93. The molecule has 33 heavy (non-hydrogen) atoms. The van der Waals surface area contributed by atoms with E-state index >= 15 is 0 Å². The van der Waals surface area contributed by atoms with Crippen LogP contribution in [0, 0.1) is 33.5 Å². The maximum atomic E-state index is 14.2. The number of rotatable bonds is 4. The Morgan fingerprint density at radius 3 is 2.12 bits per heavy atom. The zero-order valence-electron chi connectivity index (χ0n) is 19.3. The van der Waals surface area contributed by atoms with Crippen molar-refractivity contribution in [2.75, 3.05) is 31.1 Å². The van der Waals surface area contributed by atoms with Gasteiger partial charge in [-0.1, -0.05) is 18.2 Å². The Kier molecular flexibility index (Phi) is 6.15. The van der Waals surface area contributed by atoms with Crippen LogP contribution in [0.1, 0.15) is 28.7 Å². The predicted octanol–water partition coefficient (Wildman–Crippen LogP) is 1.28. The van der Waals surface area contributed by atoms with Crippen molar-refractivity contribution in [3.63, 3.8) is 0 Å². The van der Waals surface area contributed by atoms with Crippen LogP contribution >= 0.6 is 0 Å². The Morgan fingerprint density at radius 1 is 0.970 bits per heavy atom. The number of hydrogen-bond acceptors (Lipinski definition) is 4. The maximum absolute atomic E-state index is 14.2. The van der Waals surface area contributed by atoms with Gasteiger partial charge in [0.1, 0.15) is 5.82 Å². The average molecular weight is 475 g/mol. The zero-order chi connectivity index (χ0) is 24.1. The molecule has 2 heterocycles. The molecule has 1 N–H and O–H groups in total. The number of benzene rings is 2. The number of amides is 2. The quantitative estimate of drug-likeness (QED) is 0.678. The fraction of sp³-hybridized carbons (Fsp3) is 0.417. The average Bonchev–Trinajstić information content (AvgIpc) is 3.07. The molecule has 0 aliphatic carbocycles. The van der Waals surface area contributed by atoms with Gasteiger partial charge in [-0.25, -0.2) is 17.7 Å². The minimum absolute atomic E-state index is 0.00938. The number of piperazine rings is 1. The second-order valence-corrected chi connectivity index (χ2v) is 10.8. The van der Waals surface area contributed by atoms with E-state index in [2.05, 4.69) is 0 Å². The van der Waals surface area contributed by atoms with Gasteiger partial charge in [-0.3, -0.25) is 9.59 Å². The molecule has 2 aromatic carbocycles. The van der Waals surface area contributed by atoms with E-state index in [4.69, 9.17) is 0 Å². The standard InChI is InChI=1S/C24H28FN3O4S/c1-15-13-16(2)18(4)23(17(15)3)33(31,32)27-11-9-26(10-12-27)21-14-22(29)28(24(21)30)20-8-6-5-7-19(20)25/h5-8,13,21H,9-12,14H2,1-4H3/p+1/t21-/m1/s1. The minimum atomic E-state index is -3.69. The van der Waals surface area contributed by atoms with Crippen LogP contribution in [0.3, 0.4) is 0 Å². The number of imide groups is 1. The van der Waals surface area contributed by atoms with Crippen molar-refractivity contribution in [3.05, 3.63) is 58.4 Å². The van der Waals surface area contributed by atoms with Gasteiger partial charge in [0.25, 0.3) is 5.91 Å². The summed E-state index contributed by atoms with van der Waals surface area (Å²) in [6.45, 7) is 8.78. The summed E-state index contributed by atoms with van der Waals surface area (Å²) >= 11 is 0. The molecule has 0 saturated carbocycles. The van der Waals surface area contributed by atoms with Crippen LogP contribution < -0.4 is 9.80 Å². The Balaban J connectivity index is 1.52. The van der Waals surface area contributed by atoms with Gasteiger partial charge in [0.15, 0.2) is 6.04 Å². The van der Waals surface area contributed by atoms with Gasteiger partial charge in [0.05, 0.1) is 43.2 Å². The molecule has 2 fully saturated rings. The Labute approximate surface area is 193 Å². The molecule has 2 saturated heterocycles. The molecule has 0 bridgehead atoms. The molecule has 9 heteroatoms. The van der Waals surface area contributed by atoms with Crippen molar-refractivity contribution in [1.29, 1.82) is 0 Å². The van der Waals surface area contributed by atoms with Crippen LogP contribution in [-0.2, 0) is 19.6 Å². The maximum Gasteiger partial charge on any atom is 0.292 e. The Bertz CT molecular complexity index is 1210. The molecule has 2 aromatic rings. The largest absolute Gasteiger partial charge is 0.322 e. The summed E-state index contributed by atoms with van der Waals surface area (Å²) in [6, 6.07) is 7.09. The summed E-state index contributed by atoms with van der Waals surface area (Å²) in [5.41, 5.74) is 3.35. The third kappa shape index (κ3) is 3.98. The van der Waals surface area contributed by atoms with Gasteiger partial charge in [-0.15, -0.1) is 0 Å². The van der Waals surface area contributed by atoms with Crippen molar-refractivity contribution in [3.8, 4) is 0 Å². The van der Waals surface area contributed by atoms with E-state index in [-0.39, 0.29) is 25.2 Å². The first-order chi connectivity index (χ1) is 15.5. The van der Waals surface area contributed by atoms with Gasteiger partial charge in [-0.05, 0) is 62.1 Å². The Morgan fingerprint density at radius 2 is 1.55 bits per heavy atom. The number of anilines is 1. The number of sulfonamides is 1. The topological polar surface area (TPSA) is 79.2 Å². The van der Waals surface area contributed by atoms with Crippen LogP contribution in [0.4, 0.5) is 10.1 Å². The highest BCUT2D eigenvalue weighted by molar-refractivity contribution is 7.89. The van der Waals surface area contributed by atoms with Gasteiger partial charge >= 0.3 is 0 Å². The minimum Gasteiger partial charge on any atom is -0.322 e. The number of halogens is 1. The summed E-state index contributed by atoms with van der Waals surface area (Å²) in [6.07, 6.45) is -0.00938. The molecule has 2 amide bonds. The van der Waals surface area contributed by atoms with Gasteiger partial charge in [-0.2, -0.15) is 4.31 Å². The number of para-hydroxylation sites is 1. The molecule has 4 rings (SSSR count). The van der Waals surface area contributed by atoms with E-state index < -0.39 is 33.7 Å². The first-order valence-corrected chi connectivity index (χ1v) is 12.5. The summed E-state index contributed by atoms with van der Waals surface area (Å²) in [5.74, 6) is -1.48. The summed E-state index contributed by atoms with van der Waals surface area (Å²) in [4.78, 5) is 27.7. The van der Waals surface area contributed by atoms with Crippen molar-refractivity contribution in [2.24, 2.45) is 0 Å². The van der Waals surface area contributed by atoms with E-state index in [9.17, 15) is 22.4 Å². The molecule has 0 radical (unpaired) electrons. The monoisotopic (exact) mass is 474 g/mol. The van der Waals surface area contributed by atoms with Crippen LogP contribution in [-0.4, -0.2) is 56.8 Å². The molecule has 2 aliphatic rings. The fourth-order valence-corrected chi connectivity index (χ4v) is 6.91. The van der Waals surface area contributed by atoms with E-state index in [0.29, 0.717) is 18.0 Å². The molecular weight excluding hydrogens is 445 g/mol. The van der Waals surface area contributed by atoms with Crippen molar-refractivity contribution in [2.45, 2.75) is 45.1 Å². The number of aryl methyl sites for hydroxylation is 2. The lowest BCUT2D eigenvalue weighted by molar-refractivity contribution is -0.918. The van der Waals surface area contributed by atoms with Crippen molar-refractivity contribution < 1.29 is 27.3 Å². The van der Waals surface area contributed by atoms with Crippen molar-refractivity contribution in [1.82, 2.24) is 4.31 Å². The fourth-order valence-electron chi connectivity index (χ4n) is 4.90. The van der Waals surface area contributed by atoms with Gasteiger partial charge < -0.3 is 4.90 Å². The summed E-state index contributed by atoms with van der Waals surface area (Å²) in [7, 11) is -3.69. The Hall–Kier alpha value is -2.62. The highest BCUT2D eigenvalue weighted by Crippen LogP contribution is 2.29.